The van der Waals surface area contributed by atoms with Crippen LogP contribution in [-0.4, -0.2) is 16.1 Å². The van der Waals surface area contributed by atoms with Crippen molar-refractivity contribution in [1.82, 2.24) is 4.98 Å². The van der Waals surface area contributed by atoms with E-state index < -0.39 is 5.97 Å². The van der Waals surface area contributed by atoms with Crippen molar-refractivity contribution in [3.05, 3.63) is 83.1 Å². The SMILES string of the molecule is Cc1ccc(-c2c(C#N)c(CC(C)C)nc3ccc(C=CC=CC(=O)O)cc23)cc1. The number of allylic oxidation sites excluding steroid dienone is 2. The highest BCUT2D eigenvalue weighted by Gasteiger charge is 2.17. The zero-order valence-electron chi connectivity index (χ0n) is 17.4. The fourth-order valence-electron chi connectivity index (χ4n) is 3.41. The smallest absolute Gasteiger partial charge is 0.328 e. The lowest BCUT2D eigenvalue weighted by molar-refractivity contribution is -0.131. The second-order valence-corrected chi connectivity index (χ2v) is 7.72. The Balaban J connectivity index is 2.24. The van der Waals surface area contributed by atoms with Crippen molar-refractivity contribution < 1.29 is 9.90 Å². The lowest BCUT2D eigenvalue weighted by Crippen LogP contribution is -2.04. The number of aliphatic carboxylic acids is 1. The molecule has 2 aromatic carbocycles. The van der Waals surface area contributed by atoms with E-state index in [1.807, 2.05) is 55.5 Å². The van der Waals surface area contributed by atoms with Crippen LogP contribution in [0, 0.1) is 24.2 Å². The van der Waals surface area contributed by atoms with Gasteiger partial charge in [0.1, 0.15) is 6.07 Å². The van der Waals surface area contributed by atoms with Crippen LogP contribution in [0.15, 0.2) is 60.7 Å². The average Bonchev–Trinajstić information content (AvgIpc) is 2.70. The predicted molar refractivity (Wildman–Crippen MR) is 121 cm³/mol. The summed E-state index contributed by atoms with van der Waals surface area (Å²) in [5.74, 6) is -0.600. The van der Waals surface area contributed by atoms with Gasteiger partial charge in [-0.1, -0.05) is 68.0 Å². The molecule has 3 rings (SSSR count). The second kappa shape index (κ2) is 9.19. The van der Waals surface area contributed by atoms with Crippen LogP contribution < -0.4 is 0 Å². The lowest BCUT2D eigenvalue weighted by Gasteiger charge is -2.15. The zero-order valence-corrected chi connectivity index (χ0v) is 17.4. The van der Waals surface area contributed by atoms with E-state index in [2.05, 4.69) is 19.9 Å². The van der Waals surface area contributed by atoms with Crippen molar-refractivity contribution in [3.8, 4) is 17.2 Å². The molecule has 0 saturated carbocycles. The Morgan fingerprint density at radius 3 is 2.53 bits per heavy atom. The molecule has 30 heavy (non-hydrogen) atoms. The predicted octanol–water partition coefficient (Wildman–Crippen LogP) is 5.93. The molecule has 0 bridgehead atoms. The number of benzene rings is 2. The molecular formula is C26H24N2O2. The molecule has 0 amide bonds. The van der Waals surface area contributed by atoms with E-state index in [9.17, 15) is 10.1 Å². The van der Waals surface area contributed by atoms with Crippen molar-refractivity contribution in [1.29, 1.82) is 5.26 Å². The lowest BCUT2D eigenvalue weighted by atomic mass is 9.91. The number of hydrogen-bond donors (Lipinski definition) is 1. The van der Waals surface area contributed by atoms with Crippen molar-refractivity contribution in [2.24, 2.45) is 5.92 Å². The first kappa shape index (κ1) is 21.0. The molecular weight excluding hydrogens is 372 g/mol. The molecule has 0 aliphatic rings. The van der Waals surface area contributed by atoms with Gasteiger partial charge in [-0.05, 0) is 42.5 Å². The summed E-state index contributed by atoms with van der Waals surface area (Å²) in [6.45, 7) is 6.28. The normalized spacial score (nSPS) is 11.6. The van der Waals surface area contributed by atoms with E-state index in [0.717, 1.165) is 51.3 Å². The van der Waals surface area contributed by atoms with Gasteiger partial charge < -0.3 is 5.11 Å². The van der Waals surface area contributed by atoms with Gasteiger partial charge in [0, 0.05) is 17.0 Å². The highest BCUT2D eigenvalue weighted by Crippen LogP contribution is 2.34. The van der Waals surface area contributed by atoms with E-state index >= 15 is 0 Å². The fraction of sp³-hybridized carbons (Fsp3) is 0.192. The summed E-state index contributed by atoms with van der Waals surface area (Å²) in [5.41, 5.74) is 6.24. The molecule has 3 aromatic rings. The van der Waals surface area contributed by atoms with E-state index in [1.54, 1.807) is 6.08 Å². The van der Waals surface area contributed by atoms with Gasteiger partial charge in [-0.3, -0.25) is 4.98 Å². The van der Waals surface area contributed by atoms with Crippen molar-refractivity contribution in [2.75, 3.05) is 0 Å². The number of aryl methyl sites for hydroxylation is 1. The first-order valence-electron chi connectivity index (χ1n) is 9.90. The molecule has 0 spiro atoms. The zero-order chi connectivity index (χ0) is 21.7. The molecule has 0 aliphatic carbocycles. The van der Waals surface area contributed by atoms with Crippen LogP contribution in [0.5, 0.6) is 0 Å². The Kier molecular flexibility index (Phi) is 6.44. The summed E-state index contributed by atoms with van der Waals surface area (Å²) in [4.78, 5) is 15.4. The van der Waals surface area contributed by atoms with Gasteiger partial charge >= 0.3 is 5.97 Å². The maximum atomic E-state index is 10.6. The van der Waals surface area contributed by atoms with Crippen molar-refractivity contribution in [3.63, 3.8) is 0 Å². The van der Waals surface area contributed by atoms with Gasteiger partial charge in [0.15, 0.2) is 0 Å². The van der Waals surface area contributed by atoms with Crippen LogP contribution in [0.1, 0.15) is 36.2 Å². The second-order valence-electron chi connectivity index (χ2n) is 7.72. The summed E-state index contributed by atoms with van der Waals surface area (Å²) in [6.07, 6.45) is 6.83. The number of carboxylic acids is 1. The van der Waals surface area contributed by atoms with Gasteiger partial charge in [0.2, 0.25) is 0 Å². The number of aromatic nitrogens is 1. The summed E-state index contributed by atoms with van der Waals surface area (Å²) in [6, 6.07) is 16.5. The molecule has 1 heterocycles. The minimum absolute atomic E-state index is 0.385. The van der Waals surface area contributed by atoms with Crippen LogP contribution in [-0.2, 0) is 11.2 Å². The number of hydrogen-bond acceptors (Lipinski definition) is 3. The number of rotatable bonds is 6. The Morgan fingerprint density at radius 2 is 1.90 bits per heavy atom. The Hall–Kier alpha value is -3.71. The largest absolute Gasteiger partial charge is 0.478 e. The summed E-state index contributed by atoms with van der Waals surface area (Å²) in [7, 11) is 0. The minimum Gasteiger partial charge on any atom is -0.478 e. The monoisotopic (exact) mass is 396 g/mol. The molecule has 0 radical (unpaired) electrons. The third-order valence-electron chi connectivity index (χ3n) is 4.78. The molecule has 0 unspecified atom stereocenters. The maximum absolute atomic E-state index is 10.6. The van der Waals surface area contributed by atoms with Gasteiger partial charge in [-0.15, -0.1) is 0 Å². The number of carboxylic acid groups (broad SMARTS) is 1. The highest BCUT2D eigenvalue weighted by molar-refractivity contribution is 5.99. The molecule has 1 aromatic heterocycles. The van der Waals surface area contributed by atoms with Gasteiger partial charge in [0.05, 0.1) is 16.8 Å². The van der Waals surface area contributed by atoms with Crippen molar-refractivity contribution >= 4 is 22.9 Å². The molecule has 0 fully saturated rings. The van der Waals surface area contributed by atoms with Crippen LogP contribution in [0.2, 0.25) is 0 Å². The molecule has 0 saturated heterocycles. The Morgan fingerprint density at radius 1 is 1.17 bits per heavy atom. The van der Waals surface area contributed by atoms with Crippen LogP contribution in [0.25, 0.3) is 28.1 Å². The molecule has 1 N–H and O–H groups in total. The first-order valence-corrected chi connectivity index (χ1v) is 9.90. The number of carbonyl (C=O) groups is 1. The number of pyridine rings is 1. The van der Waals surface area contributed by atoms with Crippen LogP contribution in [0.3, 0.4) is 0 Å². The van der Waals surface area contributed by atoms with E-state index in [4.69, 9.17) is 10.1 Å². The molecule has 4 heteroatoms. The fourth-order valence-corrected chi connectivity index (χ4v) is 3.41. The van der Waals surface area contributed by atoms with Gasteiger partial charge in [-0.25, -0.2) is 4.79 Å². The Labute approximate surface area is 176 Å². The van der Waals surface area contributed by atoms with Gasteiger partial charge in [-0.2, -0.15) is 5.26 Å². The topological polar surface area (TPSA) is 74.0 Å². The first-order chi connectivity index (χ1) is 14.4. The van der Waals surface area contributed by atoms with Gasteiger partial charge in [0.25, 0.3) is 0 Å². The standard InChI is InChI=1S/C26H24N2O2/c1-17(2)14-24-22(16-27)26(20-11-8-18(3)9-12-20)21-15-19(10-13-23(21)28-24)6-4-5-7-25(29)30/h4-13,15,17H,14H2,1-3H3,(H,29,30). The maximum Gasteiger partial charge on any atom is 0.328 e. The summed E-state index contributed by atoms with van der Waals surface area (Å²) in [5, 5.41) is 19.6. The third kappa shape index (κ3) is 4.82. The molecule has 0 aliphatic heterocycles. The summed E-state index contributed by atoms with van der Waals surface area (Å²) >= 11 is 0. The molecule has 150 valence electrons. The number of nitriles is 1. The Bertz CT molecular complexity index is 1180. The quantitative estimate of drug-likeness (QED) is 0.414. The highest BCUT2D eigenvalue weighted by atomic mass is 16.4. The van der Waals surface area contributed by atoms with Crippen LogP contribution >= 0.6 is 0 Å². The van der Waals surface area contributed by atoms with E-state index in [-0.39, 0.29) is 0 Å². The average molecular weight is 396 g/mol. The van der Waals surface area contributed by atoms with E-state index in [1.165, 1.54) is 6.08 Å². The minimum atomic E-state index is -0.986. The number of fused-ring (bicyclic) bond motifs is 1. The van der Waals surface area contributed by atoms with Crippen LogP contribution in [0.4, 0.5) is 0 Å². The third-order valence-corrected chi connectivity index (χ3v) is 4.78. The molecule has 4 nitrogen and oxygen atoms in total. The number of nitrogens with zero attached hydrogens (tertiary/aromatic N) is 2. The molecule has 0 atom stereocenters. The summed E-state index contributed by atoms with van der Waals surface area (Å²) < 4.78 is 0. The van der Waals surface area contributed by atoms with E-state index in [0.29, 0.717) is 11.5 Å². The van der Waals surface area contributed by atoms with Crippen molar-refractivity contribution in [2.45, 2.75) is 27.2 Å².